The third kappa shape index (κ3) is 3.95. The Balaban J connectivity index is 1.51. The molecule has 136 valence electrons. The van der Waals surface area contributed by atoms with Crippen LogP contribution in [0.1, 0.15) is 33.0 Å². The maximum atomic E-state index is 12.6. The molecule has 2 aromatic heterocycles. The number of hydrogen-bond acceptors (Lipinski definition) is 5. The summed E-state index contributed by atoms with van der Waals surface area (Å²) >= 11 is 0. The van der Waals surface area contributed by atoms with Crippen LogP contribution in [0, 0.1) is 6.92 Å². The van der Waals surface area contributed by atoms with E-state index in [1.807, 2.05) is 19.1 Å². The highest BCUT2D eigenvalue weighted by molar-refractivity contribution is 5.92. The lowest BCUT2D eigenvalue weighted by Crippen LogP contribution is -2.32. The van der Waals surface area contributed by atoms with Crippen LogP contribution in [0.4, 0.5) is 5.82 Å². The fourth-order valence-corrected chi connectivity index (χ4v) is 3.30. The minimum absolute atomic E-state index is 0.206. The molecule has 1 aliphatic heterocycles. The van der Waals surface area contributed by atoms with Gasteiger partial charge < -0.3 is 10.2 Å². The Morgan fingerprint density at radius 2 is 2.00 bits per heavy atom. The first kappa shape index (κ1) is 17.1. The zero-order valence-electron chi connectivity index (χ0n) is 15.2. The van der Waals surface area contributed by atoms with Crippen LogP contribution in [0.5, 0.6) is 0 Å². The Bertz CT molecular complexity index is 958. The van der Waals surface area contributed by atoms with E-state index in [-0.39, 0.29) is 5.91 Å². The molecule has 3 heterocycles. The molecule has 4 rings (SSSR count). The van der Waals surface area contributed by atoms with Gasteiger partial charge in [-0.2, -0.15) is 0 Å². The number of fused-ring (bicyclic) bond motifs is 1. The predicted octanol–water partition coefficient (Wildman–Crippen LogP) is 2.67. The van der Waals surface area contributed by atoms with Gasteiger partial charge in [0.25, 0.3) is 5.91 Å². The van der Waals surface area contributed by atoms with E-state index in [2.05, 4.69) is 49.4 Å². The topological polar surface area (TPSA) is 71.0 Å². The molecule has 1 aliphatic rings. The van der Waals surface area contributed by atoms with Crippen molar-refractivity contribution in [3.05, 3.63) is 83.1 Å². The summed E-state index contributed by atoms with van der Waals surface area (Å²) in [5.74, 6) is 1.18. The van der Waals surface area contributed by atoms with Crippen LogP contribution in [0.15, 0.2) is 54.9 Å². The number of carbonyl (C=O) groups excluding carboxylic acids is 1. The molecular weight excluding hydrogens is 338 g/mol. The van der Waals surface area contributed by atoms with E-state index in [1.54, 1.807) is 18.5 Å². The molecule has 6 nitrogen and oxygen atoms in total. The number of benzene rings is 1. The Labute approximate surface area is 158 Å². The molecule has 0 saturated carbocycles. The maximum absolute atomic E-state index is 12.6. The molecule has 0 aliphatic carbocycles. The van der Waals surface area contributed by atoms with Crippen LogP contribution >= 0.6 is 0 Å². The second kappa shape index (κ2) is 7.53. The molecular formula is C21H21N5O. The number of anilines is 1. The molecule has 0 unspecified atom stereocenters. The van der Waals surface area contributed by atoms with Crippen LogP contribution in [0.25, 0.3) is 0 Å². The lowest BCUT2D eigenvalue weighted by atomic mass is 10.00. The quantitative estimate of drug-likeness (QED) is 0.775. The Hall–Kier alpha value is -3.28. The summed E-state index contributed by atoms with van der Waals surface area (Å²) in [6, 6.07) is 14.0. The van der Waals surface area contributed by atoms with Gasteiger partial charge in [-0.1, -0.05) is 30.3 Å². The SMILES string of the molecule is Cc1nc(C(=O)NCc2cccnc2)cc(N2CCc3ccccc3C2)n1. The second-order valence-electron chi connectivity index (χ2n) is 6.64. The van der Waals surface area contributed by atoms with Gasteiger partial charge in [-0.15, -0.1) is 0 Å². The first-order valence-electron chi connectivity index (χ1n) is 9.03. The van der Waals surface area contributed by atoms with Gasteiger partial charge in [-0.25, -0.2) is 9.97 Å². The molecule has 0 spiro atoms. The van der Waals surface area contributed by atoms with E-state index in [0.717, 1.165) is 30.9 Å². The molecule has 27 heavy (non-hydrogen) atoms. The summed E-state index contributed by atoms with van der Waals surface area (Å²) in [5.41, 5.74) is 4.03. The van der Waals surface area contributed by atoms with E-state index in [9.17, 15) is 4.79 Å². The molecule has 0 saturated heterocycles. The van der Waals surface area contributed by atoms with Crippen molar-refractivity contribution in [3.8, 4) is 0 Å². The number of carbonyl (C=O) groups is 1. The fraction of sp³-hybridized carbons (Fsp3) is 0.238. The fourth-order valence-electron chi connectivity index (χ4n) is 3.30. The van der Waals surface area contributed by atoms with Gasteiger partial charge in [0.05, 0.1) is 0 Å². The van der Waals surface area contributed by atoms with Crippen molar-refractivity contribution in [2.45, 2.75) is 26.4 Å². The summed E-state index contributed by atoms with van der Waals surface area (Å²) in [6.45, 7) is 3.91. The van der Waals surface area contributed by atoms with Crippen molar-refractivity contribution in [1.29, 1.82) is 0 Å². The van der Waals surface area contributed by atoms with Gasteiger partial charge >= 0.3 is 0 Å². The number of amides is 1. The molecule has 6 heteroatoms. The predicted molar refractivity (Wildman–Crippen MR) is 103 cm³/mol. The molecule has 0 atom stereocenters. The van der Waals surface area contributed by atoms with E-state index >= 15 is 0 Å². The molecule has 0 fully saturated rings. The average molecular weight is 359 g/mol. The van der Waals surface area contributed by atoms with Gasteiger partial charge in [0.2, 0.25) is 0 Å². The molecule has 1 N–H and O–H groups in total. The van der Waals surface area contributed by atoms with Gasteiger partial charge in [0.15, 0.2) is 0 Å². The average Bonchev–Trinajstić information content (AvgIpc) is 2.72. The number of aryl methyl sites for hydroxylation is 1. The van der Waals surface area contributed by atoms with E-state index in [0.29, 0.717) is 18.1 Å². The van der Waals surface area contributed by atoms with Gasteiger partial charge in [-0.05, 0) is 36.1 Å². The standard InChI is InChI=1S/C21H21N5O/c1-15-24-19(21(27)23-13-16-5-4-9-22-12-16)11-20(25-15)26-10-8-17-6-2-3-7-18(17)14-26/h2-7,9,11-12H,8,10,13-14H2,1H3,(H,23,27). The third-order valence-corrected chi connectivity index (χ3v) is 4.69. The number of hydrogen-bond donors (Lipinski definition) is 1. The van der Waals surface area contributed by atoms with E-state index in [4.69, 9.17) is 0 Å². The first-order valence-corrected chi connectivity index (χ1v) is 9.03. The molecule has 1 aromatic carbocycles. The molecule has 0 radical (unpaired) electrons. The highest BCUT2D eigenvalue weighted by Gasteiger charge is 2.19. The summed E-state index contributed by atoms with van der Waals surface area (Å²) in [5, 5.41) is 2.90. The number of rotatable bonds is 4. The van der Waals surface area contributed by atoms with Gasteiger partial charge in [0, 0.05) is 38.1 Å². The summed E-state index contributed by atoms with van der Waals surface area (Å²) in [7, 11) is 0. The lowest BCUT2D eigenvalue weighted by Gasteiger charge is -2.30. The van der Waals surface area contributed by atoms with E-state index in [1.165, 1.54) is 11.1 Å². The smallest absolute Gasteiger partial charge is 0.270 e. The van der Waals surface area contributed by atoms with Crippen LogP contribution in [-0.2, 0) is 19.5 Å². The Morgan fingerprint density at radius 1 is 1.15 bits per heavy atom. The second-order valence-corrected chi connectivity index (χ2v) is 6.64. The van der Waals surface area contributed by atoms with Crippen molar-refractivity contribution in [2.75, 3.05) is 11.4 Å². The van der Waals surface area contributed by atoms with Crippen LogP contribution in [0.3, 0.4) is 0 Å². The van der Waals surface area contributed by atoms with Crippen LogP contribution in [-0.4, -0.2) is 27.4 Å². The number of nitrogens with zero attached hydrogens (tertiary/aromatic N) is 4. The zero-order chi connectivity index (χ0) is 18.6. The summed E-state index contributed by atoms with van der Waals surface area (Å²) in [4.78, 5) is 27.7. The third-order valence-electron chi connectivity index (χ3n) is 4.69. The molecule has 0 bridgehead atoms. The first-order chi connectivity index (χ1) is 13.2. The minimum atomic E-state index is -0.206. The number of nitrogens with one attached hydrogen (secondary N) is 1. The summed E-state index contributed by atoms with van der Waals surface area (Å²) in [6.07, 6.45) is 4.42. The van der Waals surface area contributed by atoms with Crippen LogP contribution < -0.4 is 10.2 Å². The van der Waals surface area contributed by atoms with Gasteiger partial charge in [-0.3, -0.25) is 9.78 Å². The van der Waals surface area contributed by atoms with Gasteiger partial charge in [0.1, 0.15) is 17.3 Å². The van der Waals surface area contributed by atoms with Crippen molar-refractivity contribution in [1.82, 2.24) is 20.3 Å². The molecule has 1 amide bonds. The van der Waals surface area contributed by atoms with Crippen molar-refractivity contribution < 1.29 is 4.79 Å². The lowest BCUT2D eigenvalue weighted by molar-refractivity contribution is 0.0945. The number of aromatic nitrogens is 3. The van der Waals surface area contributed by atoms with Crippen molar-refractivity contribution >= 4 is 11.7 Å². The Kier molecular flexibility index (Phi) is 4.78. The minimum Gasteiger partial charge on any atom is -0.352 e. The number of pyridine rings is 1. The van der Waals surface area contributed by atoms with E-state index < -0.39 is 0 Å². The summed E-state index contributed by atoms with van der Waals surface area (Å²) < 4.78 is 0. The Morgan fingerprint density at radius 3 is 2.81 bits per heavy atom. The molecule has 3 aromatic rings. The van der Waals surface area contributed by atoms with Crippen molar-refractivity contribution in [3.63, 3.8) is 0 Å². The zero-order valence-corrected chi connectivity index (χ0v) is 15.2. The monoisotopic (exact) mass is 359 g/mol. The van der Waals surface area contributed by atoms with Crippen molar-refractivity contribution in [2.24, 2.45) is 0 Å². The maximum Gasteiger partial charge on any atom is 0.270 e. The normalized spacial score (nSPS) is 13.1. The highest BCUT2D eigenvalue weighted by atomic mass is 16.1. The highest BCUT2D eigenvalue weighted by Crippen LogP contribution is 2.23. The van der Waals surface area contributed by atoms with Crippen LogP contribution in [0.2, 0.25) is 0 Å². The largest absolute Gasteiger partial charge is 0.352 e.